The van der Waals surface area contributed by atoms with E-state index >= 15 is 0 Å². The second-order valence-corrected chi connectivity index (χ2v) is 14.4. The second-order valence-electron chi connectivity index (χ2n) is 12.5. The molecule has 3 atom stereocenters. The first-order valence-corrected chi connectivity index (χ1v) is 19.4. The number of hydrogen-bond acceptors (Lipinski definition) is 10. The van der Waals surface area contributed by atoms with Gasteiger partial charge in [-0.05, 0) is 71.1 Å². The summed E-state index contributed by atoms with van der Waals surface area (Å²) in [5.74, 6) is -3.71. The average molecular weight is 833 g/mol. The SMILES string of the molecule is CCN(CC)CCNC(=O)C(Cc1ccc(-c2ccc(C(F)(F)F)cc2)cc1)n1c(SCc2ccc(F)cc2)nc(=O)c2sccc21.O=C(O)C(O)C(O)C(=O)O. The molecule has 5 rings (SSSR count). The summed E-state index contributed by atoms with van der Waals surface area (Å²) in [5.41, 5.74) is 2.54. The van der Waals surface area contributed by atoms with Gasteiger partial charge in [-0.25, -0.2) is 14.0 Å². The van der Waals surface area contributed by atoms with E-state index in [9.17, 15) is 36.7 Å². The molecule has 0 aliphatic heterocycles. The van der Waals surface area contributed by atoms with Gasteiger partial charge in [0.25, 0.3) is 5.56 Å². The van der Waals surface area contributed by atoms with Gasteiger partial charge in [-0.1, -0.05) is 74.1 Å². The molecule has 0 saturated carbocycles. The van der Waals surface area contributed by atoms with Gasteiger partial charge in [-0.2, -0.15) is 18.2 Å². The highest BCUT2D eigenvalue weighted by atomic mass is 32.2. The van der Waals surface area contributed by atoms with Crippen LogP contribution in [0.4, 0.5) is 17.6 Å². The van der Waals surface area contributed by atoms with Crippen LogP contribution in [0.2, 0.25) is 0 Å². The first kappa shape index (κ1) is 44.6. The van der Waals surface area contributed by atoms with Gasteiger partial charge in [0.2, 0.25) is 5.91 Å². The van der Waals surface area contributed by atoms with Crippen LogP contribution >= 0.6 is 23.1 Å². The predicted molar refractivity (Wildman–Crippen MR) is 208 cm³/mol. The van der Waals surface area contributed by atoms with Crippen LogP contribution in [-0.2, 0) is 32.7 Å². The molecule has 0 saturated heterocycles. The number of aromatic nitrogens is 2. The number of halogens is 4. The van der Waals surface area contributed by atoms with Crippen LogP contribution in [0.25, 0.3) is 21.3 Å². The molecule has 3 aromatic carbocycles. The number of alkyl halides is 3. The van der Waals surface area contributed by atoms with Crippen molar-refractivity contribution in [1.82, 2.24) is 19.8 Å². The van der Waals surface area contributed by atoms with Crippen LogP contribution in [-0.4, -0.2) is 91.1 Å². The molecule has 5 aromatic rings. The first-order valence-electron chi connectivity index (χ1n) is 17.5. The van der Waals surface area contributed by atoms with Crippen molar-refractivity contribution in [2.45, 2.75) is 55.6 Å². The minimum absolute atomic E-state index is 0.231. The number of nitrogens with one attached hydrogen (secondary N) is 1. The van der Waals surface area contributed by atoms with Crippen molar-refractivity contribution in [1.29, 1.82) is 0 Å². The topological polar surface area (TPSA) is 182 Å². The molecule has 57 heavy (non-hydrogen) atoms. The van der Waals surface area contributed by atoms with E-state index in [0.29, 0.717) is 39.8 Å². The van der Waals surface area contributed by atoms with Crippen molar-refractivity contribution in [3.05, 3.63) is 117 Å². The van der Waals surface area contributed by atoms with Crippen molar-refractivity contribution in [2.75, 3.05) is 26.2 Å². The van der Waals surface area contributed by atoms with E-state index in [1.165, 1.54) is 47.4 Å². The van der Waals surface area contributed by atoms with Gasteiger partial charge in [0, 0.05) is 25.3 Å². The zero-order chi connectivity index (χ0) is 41.9. The van der Waals surface area contributed by atoms with Crippen molar-refractivity contribution in [2.24, 2.45) is 0 Å². The number of aliphatic carboxylic acids is 2. The van der Waals surface area contributed by atoms with Gasteiger partial charge >= 0.3 is 18.1 Å². The van der Waals surface area contributed by atoms with Gasteiger partial charge in [0.05, 0.1) is 11.1 Å². The van der Waals surface area contributed by atoms with Gasteiger partial charge < -0.3 is 35.2 Å². The van der Waals surface area contributed by atoms with E-state index in [2.05, 4.69) is 29.0 Å². The maximum atomic E-state index is 14.0. The lowest BCUT2D eigenvalue weighted by Gasteiger charge is -2.25. The smallest absolute Gasteiger partial charge is 0.416 e. The summed E-state index contributed by atoms with van der Waals surface area (Å²) in [6, 6.07) is 19.5. The Morgan fingerprint density at radius 2 is 1.40 bits per heavy atom. The average Bonchev–Trinajstić information content (AvgIpc) is 3.69. The zero-order valence-corrected chi connectivity index (χ0v) is 32.3. The number of nitrogens with zero attached hydrogens (tertiary/aromatic N) is 3. The summed E-state index contributed by atoms with van der Waals surface area (Å²) in [4.78, 5) is 53.2. The third kappa shape index (κ3) is 12.2. The summed E-state index contributed by atoms with van der Waals surface area (Å²) < 4.78 is 55.0. The third-order valence-corrected chi connectivity index (χ3v) is 10.7. The fourth-order valence-corrected chi connectivity index (χ4v) is 7.32. The molecule has 2 aromatic heterocycles. The lowest BCUT2D eigenvalue weighted by atomic mass is 9.99. The molecule has 12 nitrogen and oxygen atoms in total. The largest absolute Gasteiger partial charge is 0.479 e. The molecule has 5 N–H and O–H groups in total. The highest BCUT2D eigenvalue weighted by Crippen LogP contribution is 2.33. The van der Waals surface area contributed by atoms with E-state index in [1.807, 2.05) is 34.9 Å². The number of aliphatic hydroxyl groups is 2. The lowest BCUT2D eigenvalue weighted by Crippen LogP contribution is -2.40. The summed E-state index contributed by atoms with van der Waals surface area (Å²) in [5, 5.41) is 37.8. The molecule has 2 heterocycles. The number of carboxylic acids is 2. The van der Waals surface area contributed by atoms with Crippen molar-refractivity contribution in [3.8, 4) is 11.1 Å². The molecule has 0 aliphatic carbocycles. The fraction of sp³-hybridized carbons (Fsp3) is 0.308. The number of thiophene rings is 1. The van der Waals surface area contributed by atoms with Gasteiger partial charge in [0.15, 0.2) is 17.4 Å². The molecular formula is C39H40F4N4O8S2. The standard InChI is InChI=1S/C35H34F4N4O2S2.C4H6O6/c1-3-42(4-2)19-18-40-32(44)30(21-23-5-9-25(10-6-23)26-11-13-27(14-12-26)35(37,38)39)43-29-17-20-46-31(29)33(45)41-34(43)47-22-24-7-15-28(36)16-8-24;5-1(3(7)8)2(6)4(9)10/h5-17,20,30H,3-4,18-19,21-22H2,1-2H3,(H,40,44);1-2,5-6H,(H,7,8)(H,9,10). The number of fused-ring (bicyclic) bond motifs is 1. The number of aliphatic hydroxyl groups excluding tert-OH is 2. The normalized spacial score (nSPS) is 13.1. The summed E-state index contributed by atoms with van der Waals surface area (Å²) in [6.45, 7) is 6.94. The van der Waals surface area contributed by atoms with Gasteiger partial charge in [0.1, 0.15) is 16.6 Å². The number of hydrogen-bond donors (Lipinski definition) is 5. The number of carbonyl (C=O) groups is 3. The number of carboxylic acid groups (broad SMARTS) is 2. The molecule has 3 unspecified atom stereocenters. The molecule has 0 radical (unpaired) electrons. The number of thioether (sulfide) groups is 1. The van der Waals surface area contributed by atoms with Crippen molar-refractivity contribution >= 4 is 51.2 Å². The first-order chi connectivity index (χ1) is 27.0. The second kappa shape index (κ2) is 20.3. The summed E-state index contributed by atoms with van der Waals surface area (Å²) in [7, 11) is 0. The molecule has 1 amide bonds. The molecule has 304 valence electrons. The van der Waals surface area contributed by atoms with Crippen LogP contribution in [0.3, 0.4) is 0 Å². The van der Waals surface area contributed by atoms with Crippen LogP contribution in [0.15, 0.2) is 94.2 Å². The molecule has 0 fully saturated rings. The van der Waals surface area contributed by atoms with E-state index in [-0.39, 0.29) is 23.7 Å². The molecule has 0 bridgehead atoms. The number of likely N-dealkylation sites (N-methyl/N-ethyl adjacent to an activating group) is 1. The third-order valence-electron chi connectivity index (χ3n) is 8.75. The van der Waals surface area contributed by atoms with E-state index in [4.69, 9.17) is 20.4 Å². The van der Waals surface area contributed by atoms with E-state index in [0.717, 1.165) is 41.9 Å². The summed E-state index contributed by atoms with van der Waals surface area (Å²) in [6.07, 6.45) is -8.68. The highest BCUT2D eigenvalue weighted by Gasteiger charge is 2.31. The van der Waals surface area contributed by atoms with Gasteiger partial charge in [-0.15, -0.1) is 11.3 Å². The van der Waals surface area contributed by atoms with Crippen molar-refractivity contribution in [3.63, 3.8) is 0 Å². The Morgan fingerprint density at radius 1 is 0.860 bits per heavy atom. The zero-order valence-electron chi connectivity index (χ0n) is 30.6. The Bertz CT molecular complexity index is 2160. The predicted octanol–water partition coefficient (Wildman–Crippen LogP) is 5.69. The lowest BCUT2D eigenvalue weighted by molar-refractivity contribution is -0.165. The number of benzene rings is 3. The van der Waals surface area contributed by atoms with Gasteiger partial charge in [-0.3, -0.25) is 9.59 Å². The van der Waals surface area contributed by atoms with Crippen LogP contribution in [0.1, 0.15) is 36.6 Å². The van der Waals surface area contributed by atoms with Crippen LogP contribution < -0.4 is 10.9 Å². The number of rotatable bonds is 16. The van der Waals surface area contributed by atoms with Crippen LogP contribution in [0, 0.1) is 5.82 Å². The monoisotopic (exact) mass is 832 g/mol. The molecule has 18 heteroatoms. The Balaban J connectivity index is 0.000000635. The molecule has 0 spiro atoms. The minimum Gasteiger partial charge on any atom is -0.479 e. The molecular weight excluding hydrogens is 793 g/mol. The highest BCUT2D eigenvalue weighted by molar-refractivity contribution is 7.98. The van der Waals surface area contributed by atoms with Crippen molar-refractivity contribution < 1.29 is 52.4 Å². The Labute approximate surface area is 332 Å². The minimum atomic E-state index is -4.41. The maximum absolute atomic E-state index is 14.0. The number of amides is 1. The number of carbonyl (C=O) groups excluding carboxylic acids is 1. The fourth-order valence-electron chi connectivity index (χ4n) is 5.55. The quantitative estimate of drug-likeness (QED) is 0.0468. The Morgan fingerprint density at radius 3 is 1.93 bits per heavy atom. The maximum Gasteiger partial charge on any atom is 0.416 e. The van der Waals surface area contributed by atoms with E-state index in [1.54, 1.807) is 17.5 Å². The summed E-state index contributed by atoms with van der Waals surface area (Å²) >= 11 is 2.56. The Hall–Kier alpha value is -5.14. The van der Waals surface area contributed by atoms with E-state index < -0.39 is 41.9 Å². The Kier molecular flexibility index (Phi) is 15.9. The molecule has 0 aliphatic rings. The van der Waals surface area contributed by atoms with Crippen LogP contribution in [0.5, 0.6) is 0 Å².